The van der Waals surface area contributed by atoms with E-state index in [0.717, 1.165) is 35.1 Å². The molecule has 0 saturated heterocycles. The smallest absolute Gasteiger partial charge is 0.244 e. The molecule has 4 bridgehead atoms. The van der Waals surface area contributed by atoms with E-state index in [4.69, 9.17) is 0 Å². The van der Waals surface area contributed by atoms with Gasteiger partial charge < -0.3 is 10.2 Å². The predicted octanol–water partition coefficient (Wildman–Crippen LogP) is 5.17. The first kappa shape index (κ1) is 29.6. The molecule has 0 radical (unpaired) electrons. The lowest BCUT2D eigenvalue weighted by atomic mass is 9.48. The third kappa shape index (κ3) is 6.32. The Morgan fingerprint density at radius 3 is 2.10 bits per heavy atom. The van der Waals surface area contributed by atoms with Crippen LogP contribution in [0.25, 0.3) is 0 Å². The van der Waals surface area contributed by atoms with Crippen LogP contribution >= 0.6 is 0 Å². The van der Waals surface area contributed by atoms with Gasteiger partial charge in [0, 0.05) is 13.1 Å². The summed E-state index contributed by atoms with van der Waals surface area (Å²) in [6.07, 6.45) is 9.37. The highest BCUT2D eigenvalue weighted by molar-refractivity contribution is 7.92. The van der Waals surface area contributed by atoms with Gasteiger partial charge in [0.25, 0.3) is 0 Å². The van der Waals surface area contributed by atoms with E-state index in [0.29, 0.717) is 18.7 Å². The number of nitrogens with zero attached hydrogens (tertiary/aromatic N) is 2. The number of anilines is 1. The second kappa shape index (κ2) is 11.8. The highest BCUT2D eigenvalue weighted by Crippen LogP contribution is 2.60. The summed E-state index contributed by atoms with van der Waals surface area (Å²) < 4.78 is 27.3. The van der Waals surface area contributed by atoms with Gasteiger partial charge in [-0.3, -0.25) is 13.9 Å². The minimum atomic E-state index is -3.76. The fourth-order valence-electron chi connectivity index (χ4n) is 8.28. The number of carbonyl (C=O) groups excluding carboxylic acids is 2. The third-order valence-electron chi connectivity index (χ3n) is 9.66. The Morgan fingerprint density at radius 2 is 1.59 bits per heavy atom. The minimum absolute atomic E-state index is 0.213. The molecule has 4 aliphatic rings. The van der Waals surface area contributed by atoms with E-state index in [-0.39, 0.29) is 24.4 Å². The third-order valence-corrected chi connectivity index (χ3v) is 10.8. The zero-order chi connectivity index (χ0) is 29.4. The van der Waals surface area contributed by atoms with E-state index >= 15 is 0 Å². The summed E-state index contributed by atoms with van der Waals surface area (Å²) in [6, 6.07) is 15.0. The van der Waals surface area contributed by atoms with Gasteiger partial charge in [-0.05, 0) is 105 Å². The van der Waals surface area contributed by atoms with Crippen LogP contribution in [-0.2, 0) is 31.6 Å². The van der Waals surface area contributed by atoms with Crippen molar-refractivity contribution in [1.82, 2.24) is 10.2 Å². The molecule has 0 unspecified atom stereocenters. The molecule has 0 aliphatic heterocycles. The maximum absolute atomic E-state index is 13.9. The van der Waals surface area contributed by atoms with Crippen LogP contribution in [0.1, 0.15) is 75.5 Å². The summed E-state index contributed by atoms with van der Waals surface area (Å²) in [5.74, 6) is 1.83. The quantitative estimate of drug-likeness (QED) is 0.398. The van der Waals surface area contributed by atoms with Crippen LogP contribution in [0.15, 0.2) is 48.5 Å². The number of hydrogen-bond acceptors (Lipinski definition) is 4. The Kier molecular flexibility index (Phi) is 8.51. The first-order valence-corrected chi connectivity index (χ1v) is 17.1. The zero-order valence-corrected chi connectivity index (χ0v) is 25.8. The molecule has 0 aromatic heterocycles. The number of amides is 2. The molecule has 1 atom stereocenters. The molecule has 6 rings (SSSR count). The van der Waals surface area contributed by atoms with E-state index in [1.807, 2.05) is 57.2 Å². The van der Waals surface area contributed by atoms with Crippen LogP contribution < -0.4 is 9.62 Å². The summed E-state index contributed by atoms with van der Waals surface area (Å²) in [7, 11) is -3.76. The molecular weight excluding hydrogens is 534 g/mol. The normalized spacial score (nSPS) is 25.5. The Balaban J connectivity index is 1.40. The van der Waals surface area contributed by atoms with Crippen molar-refractivity contribution in [3.8, 4) is 0 Å². The van der Waals surface area contributed by atoms with E-state index < -0.39 is 22.0 Å². The molecule has 7 nitrogen and oxygen atoms in total. The molecule has 0 heterocycles. The number of hydrogen-bond donors (Lipinski definition) is 1. The fraction of sp³-hybridized carbons (Fsp3) is 0.576. The van der Waals surface area contributed by atoms with Gasteiger partial charge in [-0.1, -0.05) is 48.9 Å². The molecule has 0 spiro atoms. The molecule has 2 aromatic rings. The number of aryl methyl sites for hydroxylation is 1. The Labute approximate surface area is 245 Å². The van der Waals surface area contributed by atoms with Gasteiger partial charge in [-0.25, -0.2) is 8.42 Å². The first-order valence-electron chi connectivity index (χ1n) is 15.2. The van der Waals surface area contributed by atoms with Crippen molar-refractivity contribution in [2.45, 2.75) is 83.7 Å². The van der Waals surface area contributed by atoms with Crippen LogP contribution in [0.2, 0.25) is 0 Å². The highest BCUT2D eigenvalue weighted by Gasteiger charge is 2.51. The van der Waals surface area contributed by atoms with Gasteiger partial charge in [0.1, 0.15) is 12.6 Å². The van der Waals surface area contributed by atoms with Gasteiger partial charge in [0.15, 0.2) is 0 Å². The van der Waals surface area contributed by atoms with Crippen LogP contribution in [0.5, 0.6) is 0 Å². The van der Waals surface area contributed by atoms with E-state index in [1.54, 1.807) is 0 Å². The van der Waals surface area contributed by atoms with Crippen molar-refractivity contribution in [2.75, 3.05) is 23.7 Å². The first-order chi connectivity index (χ1) is 19.5. The zero-order valence-electron chi connectivity index (χ0n) is 24.9. The molecule has 4 aliphatic carbocycles. The Bertz CT molecular complexity index is 1340. The van der Waals surface area contributed by atoms with Crippen molar-refractivity contribution < 1.29 is 18.0 Å². The van der Waals surface area contributed by atoms with Gasteiger partial charge in [0.05, 0.1) is 11.9 Å². The summed E-state index contributed by atoms with van der Waals surface area (Å²) in [4.78, 5) is 28.4. The lowest BCUT2D eigenvalue weighted by Crippen LogP contribution is -2.52. The number of likely N-dealkylation sites (N-methyl/N-ethyl adjacent to an activating group) is 1. The number of rotatable bonds is 11. The molecule has 4 fully saturated rings. The molecule has 41 heavy (non-hydrogen) atoms. The number of sulfonamides is 1. The van der Waals surface area contributed by atoms with Gasteiger partial charge in [0.2, 0.25) is 21.8 Å². The summed E-state index contributed by atoms with van der Waals surface area (Å²) in [5.41, 5.74) is 3.95. The van der Waals surface area contributed by atoms with E-state index in [9.17, 15) is 18.0 Å². The molecule has 2 amide bonds. The van der Waals surface area contributed by atoms with Crippen molar-refractivity contribution in [2.24, 2.45) is 17.8 Å². The second-order valence-electron chi connectivity index (χ2n) is 12.8. The topological polar surface area (TPSA) is 86.8 Å². The van der Waals surface area contributed by atoms with Crippen molar-refractivity contribution in [1.29, 1.82) is 0 Å². The Morgan fingerprint density at radius 1 is 0.976 bits per heavy atom. The summed E-state index contributed by atoms with van der Waals surface area (Å²) in [6.45, 7) is 6.00. The standard InChI is InChI=1S/C33H45N3O4S/c1-5-30(32(38)34-6-2)35(21-24-9-7-8-23(3)14-24)31(37)22-36(41(4,39)40)29-12-10-28(11-13-29)33-18-25-15-26(19-33)17-27(16-25)20-33/h7-14,25-27,30H,5-6,15-22H2,1-4H3,(H,34,38)/t25?,26?,27?,30-,33?/m1/s1. The maximum Gasteiger partial charge on any atom is 0.244 e. The average molecular weight is 580 g/mol. The van der Waals surface area contributed by atoms with Crippen molar-refractivity contribution in [3.05, 3.63) is 65.2 Å². The van der Waals surface area contributed by atoms with Gasteiger partial charge in [-0.15, -0.1) is 0 Å². The van der Waals surface area contributed by atoms with E-state index in [1.165, 1.54) is 53.3 Å². The summed E-state index contributed by atoms with van der Waals surface area (Å²) in [5, 5.41) is 2.84. The largest absolute Gasteiger partial charge is 0.355 e. The van der Waals surface area contributed by atoms with Gasteiger partial charge >= 0.3 is 0 Å². The molecule has 222 valence electrons. The average Bonchev–Trinajstić information content (AvgIpc) is 2.90. The highest BCUT2D eigenvalue weighted by atomic mass is 32.2. The second-order valence-corrected chi connectivity index (χ2v) is 14.8. The van der Waals surface area contributed by atoms with Crippen LogP contribution in [0.4, 0.5) is 5.69 Å². The van der Waals surface area contributed by atoms with Crippen LogP contribution in [-0.4, -0.2) is 50.5 Å². The number of benzene rings is 2. The molecule has 1 N–H and O–H groups in total. The molecule has 8 heteroatoms. The molecule has 2 aromatic carbocycles. The SMILES string of the molecule is CCNC(=O)[C@@H](CC)N(Cc1cccc(C)c1)C(=O)CN(c1ccc(C23CC4CC(CC(C4)C2)C3)cc1)S(C)(=O)=O. The minimum Gasteiger partial charge on any atom is -0.355 e. The monoisotopic (exact) mass is 579 g/mol. The molecule has 4 saturated carbocycles. The number of carbonyl (C=O) groups is 2. The maximum atomic E-state index is 13.9. The van der Waals surface area contributed by atoms with Gasteiger partial charge in [-0.2, -0.15) is 0 Å². The number of nitrogens with one attached hydrogen (secondary N) is 1. The van der Waals surface area contributed by atoms with Crippen molar-refractivity contribution >= 4 is 27.5 Å². The lowest BCUT2D eigenvalue weighted by molar-refractivity contribution is -0.140. The summed E-state index contributed by atoms with van der Waals surface area (Å²) >= 11 is 0. The van der Waals surface area contributed by atoms with Crippen molar-refractivity contribution in [3.63, 3.8) is 0 Å². The molecular formula is C33H45N3O4S. The van der Waals surface area contributed by atoms with Crippen LogP contribution in [0, 0.1) is 24.7 Å². The lowest BCUT2D eigenvalue weighted by Gasteiger charge is -2.57. The van der Waals surface area contributed by atoms with Crippen LogP contribution in [0.3, 0.4) is 0 Å². The van der Waals surface area contributed by atoms with E-state index in [2.05, 4.69) is 17.4 Å². The Hall–Kier alpha value is -2.87. The predicted molar refractivity (Wildman–Crippen MR) is 163 cm³/mol. The fourth-order valence-corrected chi connectivity index (χ4v) is 9.13.